The van der Waals surface area contributed by atoms with E-state index < -0.39 is 0 Å². The van der Waals surface area contributed by atoms with E-state index in [9.17, 15) is 4.79 Å². The molecule has 0 radical (unpaired) electrons. The van der Waals surface area contributed by atoms with Gasteiger partial charge >= 0.3 is 0 Å². The van der Waals surface area contributed by atoms with Crippen molar-refractivity contribution in [1.29, 1.82) is 0 Å². The van der Waals surface area contributed by atoms with E-state index in [1.807, 2.05) is 24.3 Å². The maximum Gasteiger partial charge on any atom is 0.271 e. The molecule has 2 rings (SSSR count). The molecule has 0 saturated carbocycles. The summed E-state index contributed by atoms with van der Waals surface area (Å²) in [7, 11) is 1.63. The van der Waals surface area contributed by atoms with E-state index in [1.54, 1.807) is 13.2 Å². The lowest BCUT2D eigenvalue weighted by atomic mass is 10.1. The molecule has 0 aliphatic rings. The summed E-state index contributed by atoms with van der Waals surface area (Å²) < 4.78 is 5.13. The highest BCUT2D eigenvalue weighted by atomic mass is 35.5. The zero-order valence-electron chi connectivity index (χ0n) is 11.4. The standard InChI is InChI=1S/C15H14Cl2N2O2/c1-21-9-11-5-3-2-4-10(11)8-18-15(20)14-12(16)6-7-13(17)19-14/h2-7H,8-9H2,1H3,(H,18,20). The normalized spacial score (nSPS) is 10.4. The number of carbonyl (C=O) groups is 1. The van der Waals surface area contributed by atoms with Crippen molar-refractivity contribution in [3.05, 3.63) is 63.4 Å². The number of pyridine rings is 1. The molecule has 0 atom stereocenters. The van der Waals surface area contributed by atoms with Gasteiger partial charge in [0.05, 0.1) is 11.6 Å². The van der Waals surface area contributed by atoms with Crippen molar-refractivity contribution in [2.45, 2.75) is 13.2 Å². The van der Waals surface area contributed by atoms with E-state index in [0.717, 1.165) is 11.1 Å². The second-order valence-electron chi connectivity index (χ2n) is 4.35. The number of hydrogen-bond acceptors (Lipinski definition) is 3. The Bertz CT molecular complexity index is 647. The van der Waals surface area contributed by atoms with Crippen LogP contribution in [0.3, 0.4) is 0 Å². The van der Waals surface area contributed by atoms with Crippen molar-refractivity contribution in [3.8, 4) is 0 Å². The van der Waals surface area contributed by atoms with E-state index >= 15 is 0 Å². The molecule has 21 heavy (non-hydrogen) atoms. The number of aromatic nitrogens is 1. The zero-order chi connectivity index (χ0) is 15.2. The number of halogens is 2. The van der Waals surface area contributed by atoms with Gasteiger partial charge in [0.25, 0.3) is 5.91 Å². The lowest BCUT2D eigenvalue weighted by Gasteiger charge is -2.10. The first kappa shape index (κ1) is 15.8. The Morgan fingerprint density at radius 2 is 1.90 bits per heavy atom. The summed E-state index contributed by atoms with van der Waals surface area (Å²) in [4.78, 5) is 16.1. The average Bonchev–Trinajstić information content (AvgIpc) is 2.49. The van der Waals surface area contributed by atoms with Crippen molar-refractivity contribution in [2.24, 2.45) is 0 Å². The predicted molar refractivity (Wildman–Crippen MR) is 82.6 cm³/mol. The quantitative estimate of drug-likeness (QED) is 0.857. The summed E-state index contributed by atoms with van der Waals surface area (Å²) in [5.74, 6) is -0.366. The van der Waals surface area contributed by atoms with Crippen molar-refractivity contribution in [2.75, 3.05) is 7.11 Å². The molecule has 1 N–H and O–H groups in total. The van der Waals surface area contributed by atoms with Gasteiger partial charge in [-0.15, -0.1) is 0 Å². The van der Waals surface area contributed by atoms with Crippen LogP contribution >= 0.6 is 23.2 Å². The molecule has 1 aromatic heterocycles. The van der Waals surface area contributed by atoms with Gasteiger partial charge in [0.1, 0.15) is 10.8 Å². The average molecular weight is 325 g/mol. The van der Waals surface area contributed by atoms with E-state index in [-0.39, 0.29) is 21.8 Å². The maximum absolute atomic E-state index is 12.1. The molecule has 0 aliphatic heterocycles. The molecule has 2 aromatic rings. The summed E-state index contributed by atoms with van der Waals surface area (Å²) >= 11 is 11.7. The minimum atomic E-state index is -0.366. The fourth-order valence-corrected chi connectivity index (χ4v) is 2.20. The minimum Gasteiger partial charge on any atom is -0.380 e. The molecule has 1 aromatic carbocycles. The summed E-state index contributed by atoms with van der Waals surface area (Å²) in [5, 5.41) is 3.27. The summed E-state index contributed by atoms with van der Waals surface area (Å²) in [5.41, 5.74) is 2.12. The van der Waals surface area contributed by atoms with Gasteiger partial charge in [-0.3, -0.25) is 4.79 Å². The number of benzene rings is 1. The molecule has 1 heterocycles. The van der Waals surface area contributed by atoms with Crippen molar-refractivity contribution < 1.29 is 9.53 Å². The topological polar surface area (TPSA) is 51.2 Å². The molecule has 6 heteroatoms. The number of hydrogen-bond donors (Lipinski definition) is 1. The second kappa shape index (κ2) is 7.41. The van der Waals surface area contributed by atoms with Crippen molar-refractivity contribution >= 4 is 29.1 Å². The van der Waals surface area contributed by atoms with Crippen LogP contribution in [0.1, 0.15) is 21.6 Å². The van der Waals surface area contributed by atoms with Crippen molar-refractivity contribution in [1.82, 2.24) is 10.3 Å². The highest BCUT2D eigenvalue weighted by Crippen LogP contribution is 2.17. The van der Waals surface area contributed by atoms with Crippen LogP contribution in [0.4, 0.5) is 0 Å². The highest BCUT2D eigenvalue weighted by molar-refractivity contribution is 6.34. The molecule has 0 aliphatic carbocycles. The molecular weight excluding hydrogens is 311 g/mol. The van der Waals surface area contributed by atoms with Gasteiger partial charge in [-0.25, -0.2) is 4.98 Å². The molecule has 110 valence electrons. The van der Waals surface area contributed by atoms with E-state index in [0.29, 0.717) is 13.2 Å². The van der Waals surface area contributed by atoms with Gasteiger partial charge in [0.15, 0.2) is 0 Å². The second-order valence-corrected chi connectivity index (χ2v) is 5.14. The van der Waals surface area contributed by atoms with Gasteiger partial charge in [0.2, 0.25) is 0 Å². The largest absolute Gasteiger partial charge is 0.380 e. The zero-order valence-corrected chi connectivity index (χ0v) is 12.9. The van der Waals surface area contributed by atoms with Gasteiger partial charge in [0, 0.05) is 13.7 Å². The molecule has 0 bridgehead atoms. The molecular formula is C15H14Cl2N2O2. The Kier molecular flexibility index (Phi) is 5.56. The fraction of sp³-hybridized carbons (Fsp3) is 0.200. The fourth-order valence-electron chi connectivity index (χ4n) is 1.86. The first-order chi connectivity index (χ1) is 10.1. The number of methoxy groups -OCH3 is 1. The number of nitrogens with zero attached hydrogens (tertiary/aromatic N) is 1. The van der Waals surface area contributed by atoms with E-state index in [4.69, 9.17) is 27.9 Å². The van der Waals surface area contributed by atoms with Crippen LogP contribution in [0.5, 0.6) is 0 Å². The monoisotopic (exact) mass is 324 g/mol. The maximum atomic E-state index is 12.1. The van der Waals surface area contributed by atoms with Gasteiger partial charge in [-0.1, -0.05) is 47.5 Å². The first-order valence-electron chi connectivity index (χ1n) is 6.27. The minimum absolute atomic E-state index is 0.119. The number of rotatable bonds is 5. The van der Waals surface area contributed by atoms with Crippen LogP contribution in [0.15, 0.2) is 36.4 Å². The number of amides is 1. The van der Waals surface area contributed by atoms with Crippen LogP contribution in [0, 0.1) is 0 Å². The van der Waals surface area contributed by atoms with Gasteiger partial charge in [-0.05, 0) is 23.3 Å². The van der Waals surface area contributed by atoms with E-state index in [1.165, 1.54) is 6.07 Å². The third kappa shape index (κ3) is 4.17. The van der Waals surface area contributed by atoms with Crippen LogP contribution < -0.4 is 5.32 Å². The predicted octanol–water partition coefficient (Wildman–Crippen LogP) is 3.46. The third-order valence-corrected chi connectivity index (χ3v) is 3.40. The lowest BCUT2D eigenvalue weighted by Crippen LogP contribution is -2.24. The third-order valence-electron chi connectivity index (χ3n) is 2.88. The Hall–Kier alpha value is -1.62. The highest BCUT2D eigenvalue weighted by Gasteiger charge is 2.13. The smallest absolute Gasteiger partial charge is 0.271 e. The van der Waals surface area contributed by atoms with Crippen LogP contribution in [0.2, 0.25) is 10.2 Å². The summed E-state index contributed by atoms with van der Waals surface area (Å²) in [6, 6.07) is 10.8. The Balaban J connectivity index is 2.09. The van der Waals surface area contributed by atoms with Crippen LogP contribution in [-0.4, -0.2) is 18.0 Å². The molecule has 0 saturated heterocycles. The van der Waals surface area contributed by atoms with Crippen LogP contribution in [0.25, 0.3) is 0 Å². The van der Waals surface area contributed by atoms with Gasteiger partial charge < -0.3 is 10.1 Å². The van der Waals surface area contributed by atoms with Crippen LogP contribution in [-0.2, 0) is 17.9 Å². The number of nitrogens with one attached hydrogen (secondary N) is 1. The van der Waals surface area contributed by atoms with Crippen molar-refractivity contribution in [3.63, 3.8) is 0 Å². The lowest BCUT2D eigenvalue weighted by molar-refractivity contribution is 0.0945. The Morgan fingerprint density at radius 1 is 1.19 bits per heavy atom. The number of carbonyl (C=O) groups excluding carboxylic acids is 1. The molecule has 1 amide bonds. The molecule has 4 nitrogen and oxygen atoms in total. The molecule has 0 fully saturated rings. The Labute approximate surface area is 133 Å². The molecule has 0 unspecified atom stereocenters. The van der Waals surface area contributed by atoms with E-state index in [2.05, 4.69) is 10.3 Å². The number of ether oxygens (including phenoxy) is 1. The Morgan fingerprint density at radius 3 is 2.62 bits per heavy atom. The SMILES string of the molecule is COCc1ccccc1CNC(=O)c1nc(Cl)ccc1Cl. The van der Waals surface area contributed by atoms with Gasteiger partial charge in [-0.2, -0.15) is 0 Å². The molecule has 0 spiro atoms. The summed E-state index contributed by atoms with van der Waals surface area (Å²) in [6.07, 6.45) is 0. The first-order valence-corrected chi connectivity index (χ1v) is 7.03. The summed E-state index contributed by atoms with van der Waals surface area (Å²) in [6.45, 7) is 0.852.